The van der Waals surface area contributed by atoms with E-state index < -0.39 is 11.8 Å². The molecule has 166 valence electrons. The first-order valence-electron chi connectivity index (χ1n) is 11.0. The highest BCUT2D eigenvalue weighted by Gasteiger charge is 2.46. The molecule has 0 aromatic heterocycles. The fourth-order valence-electron chi connectivity index (χ4n) is 4.97. The van der Waals surface area contributed by atoms with E-state index in [4.69, 9.17) is 9.73 Å². The van der Waals surface area contributed by atoms with Crippen LogP contribution in [0.25, 0.3) is 0 Å². The summed E-state index contributed by atoms with van der Waals surface area (Å²) < 4.78 is 5.65. The monoisotopic (exact) mass is 430 g/mol. The van der Waals surface area contributed by atoms with Gasteiger partial charge in [0.05, 0.1) is 13.0 Å². The van der Waals surface area contributed by atoms with Crippen molar-refractivity contribution in [1.82, 2.24) is 0 Å². The van der Waals surface area contributed by atoms with E-state index in [1.54, 1.807) is 7.11 Å². The Morgan fingerprint density at radius 3 is 2.47 bits per heavy atom. The molecule has 4 rings (SSSR count). The zero-order chi connectivity index (χ0) is 23.0. The minimum absolute atomic E-state index is 0.0668. The zero-order valence-corrected chi connectivity index (χ0v) is 19.4. The van der Waals surface area contributed by atoms with Gasteiger partial charge in [-0.2, -0.15) is 0 Å². The van der Waals surface area contributed by atoms with Crippen molar-refractivity contribution < 1.29 is 14.3 Å². The van der Waals surface area contributed by atoms with Crippen LogP contribution in [0.5, 0.6) is 5.75 Å². The molecule has 2 aromatic carbocycles. The van der Waals surface area contributed by atoms with Crippen LogP contribution in [0.15, 0.2) is 64.8 Å². The summed E-state index contributed by atoms with van der Waals surface area (Å²) in [6.07, 6.45) is 1.15. The van der Waals surface area contributed by atoms with Crippen LogP contribution < -0.4 is 10.1 Å². The van der Waals surface area contributed by atoms with E-state index in [0.717, 1.165) is 28.2 Å². The number of rotatable bonds is 4. The zero-order valence-electron chi connectivity index (χ0n) is 19.4. The predicted molar refractivity (Wildman–Crippen MR) is 127 cm³/mol. The van der Waals surface area contributed by atoms with E-state index in [1.807, 2.05) is 62.4 Å². The van der Waals surface area contributed by atoms with Gasteiger partial charge in [-0.25, -0.2) is 0 Å². The fourth-order valence-corrected chi connectivity index (χ4v) is 4.97. The van der Waals surface area contributed by atoms with Crippen LogP contribution in [0.4, 0.5) is 5.69 Å². The SMILES string of the molecule is COc1ccccc1[C@H]1C2=C(CC(C)(C)CC2=O)N=C(C)C1C(=O)Nc1ccccc1C. The molecular weight excluding hydrogens is 400 g/mol. The van der Waals surface area contributed by atoms with Crippen LogP contribution in [0, 0.1) is 18.3 Å². The summed E-state index contributed by atoms with van der Waals surface area (Å²) in [5, 5.41) is 3.08. The van der Waals surface area contributed by atoms with Gasteiger partial charge in [0.1, 0.15) is 5.75 Å². The van der Waals surface area contributed by atoms with Gasteiger partial charge in [-0.1, -0.05) is 50.2 Å². The molecule has 0 radical (unpaired) electrons. The van der Waals surface area contributed by atoms with Crippen LogP contribution in [0.1, 0.15) is 50.7 Å². The lowest BCUT2D eigenvalue weighted by molar-refractivity contribution is -0.119. The molecule has 1 unspecified atom stereocenters. The maximum atomic E-state index is 13.7. The molecule has 0 saturated heterocycles. The average Bonchev–Trinajstić information content (AvgIpc) is 2.73. The number of Topliss-reactive ketones (excluding diaryl/α,β-unsaturated/α-hetero) is 1. The van der Waals surface area contributed by atoms with E-state index in [1.165, 1.54) is 0 Å². The number of ether oxygens (including phenoxy) is 1. The molecule has 0 saturated carbocycles. The molecule has 5 heteroatoms. The number of hydrogen-bond acceptors (Lipinski definition) is 4. The van der Waals surface area contributed by atoms with Gasteiger partial charge in [-0.05, 0) is 43.4 Å². The minimum atomic E-state index is -0.602. The minimum Gasteiger partial charge on any atom is -0.496 e. The normalized spacial score (nSPS) is 22.2. The number of para-hydroxylation sites is 2. The maximum Gasteiger partial charge on any atom is 0.234 e. The summed E-state index contributed by atoms with van der Waals surface area (Å²) >= 11 is 0. The molecule has 1 N–H and O–H groups in total. The number of anilines is 1. The molecule has 1 amide bonds. The van der Waals surface area contributed by atoms with Gasteiger partial charge >= 0.3 is 0 Å². The molecule has 0 bridgehead atoms. The molecule has 1 heterocycles. The van der Waals surface area contributed by atoms with Gasteiger partial charge in [0.2, 0.25) is 5.91 Å². The number of carbonyl (C=O) groups excluding carboxylic acids is 2. The van der Waals surface area contributed by atoms with Gasteiger partial charge in [0.15, 0.2) is 5.78 Å². The van der Waals surface area contributed by atoms with Crippen molar-refractivity contribution >= 4 is 23.1 Å². The molecular formula is C27H30N2O3. The summed E-state index contributed by atoms with van der Waals surface area (Å²) in [6, 6.07) is 15.3. The Labute approximate surface area is 189 Å². The third-order valence-corrected chi connectivity index (χ3v) is 6.46. The highest BCUT2D eigenvalue weighted by atomic mass is 16.5. The predicted octanol–water partition coefficient (Wildman–Crippen LogP) is 5.46. The Morgan fingerprint density at radius 1 is 1.06 bits per heavy atom. The van der Waals surface area contributed by atoms with Crippen molar-refractivity contribution in [2.75, 3.05) is 12.4 Å². The first-order chi connectivity index (χ1) is 15.2. The Bertz CT molecular complexity index is 1140. The van der Waals surface area contributed by atoms with Crippen molar-refractivity contribution in [2.45, 2.75) is 46.5 Å². The van der Waals surface area contributed by atoms with E-state index in [-0.39, 0.29) is 17.1 Å². The Hall–Kier alpha value is -3.21. The summed E-state index contributed by atoms with van der Waals surface area (Å²) in [4.78, 5) is 31.9. The third-order valence-electron chi connectivity index (χ3n) is 6.46. The van der Waals surface area contributed by atoms with Gasteiger partial charge in [-0.3, -0.25) is 14.6 Å². The lowest BCUT2D eigenvalue weighted by atomic mass is 9.66. The summed E-state index contributed by atoms with van der Waals surface area (Å²) in [6.45, 7) is 8.03. The third kappa shape index (κ3) is 3.99. The number of nitrogens with one attached hydrogen (secondary N) is 1. The number of carbonyl (C=O) groups is 2. The first kappa shape index (κ1) is 22.0. The second-order valence-corrected chi connectivity index (χ2v) is 9.56. The van der Waals surface area contributed by atoms with E-state index in [9.17, 15) is 9.59 Å². The number of ketones is 1. The Balaban J connectivity index is 1.85. The molecule has 0 spiro atoms. The summed E-state index contributed by atoms with van der Waals surface area (Å²) in [5.41, 5.74) is 4.62. The number of amides is 1. The topological polar surface area (TPSA) is 67.8 Å². The van der Waals surface area contributed by atoms with Crippen LogP contribution in [-0.4, -0.2) is 24.5 Å². The van der Waals surface area contributed by atoms with Crippen molar-refractivity contribution in [3.8, 4) is 5.75 Å². The van der Waals surface area contributed by atoms with Crippen molar-refractivity contribution in [3.05, 3.63) is 70.9 Å². The summed E-state index contributed by atoms with van der Waals surface area (Å²) in [7, 11) is 1.62. The molecule has 5 nitrogen and oxygen atoms in total. The number of allylic oxidation sites excluding steroid dienone is 2. The number of aliphatic imine (C=N–C) groups is 1. The number of aryl methyl sites for hydroxylation is 1. The first-order valence-corrected chi connectivity index (χ1v) is 11.0. The lowest BCUT2D eigenvalue weighted by Crippen LogP contribution is -2.41. The van der Waals surface area contributed by atoms with Crippen LogP contribution in [-0.2, 0) is 9.59 Å². The van der Waals surface area contributed by atoms with Gasteiger partial charge < -0.3 is 10.1 Å². The van der Waals surface area contributed by atoms with E-state index in [2.05, 4.69) is 19.2 Å². The molecule has 2 atom stereocenters. The molecule has 1 aliphatic heterocycles. The number of methoxy groups -OCH3 is 1. The fraction of sp³-hybridized carbons (Fsp3) is 0.370. The standard InChI is InChI=1S/C27H30N2O3/c1-16-10-6-8-12-19(16)29-26(31)23-17(2)28-20-14-27(3,4)15-21(30)25(20)24(23)18-11-7-9-13-22(18)32-5/h6-13,23-24H,14-15H2,1-5H3,(H,29,31)/t23?,24-/m1/s1. The number of benzene rings is 2. The van der Waals surface area contributed by atoms with Gasteiger partial charge in [0.25, 0.3) is 0 Å². The van der Waals surface area contributed by atoms with Crippen molar-refractivity contribution in [3.63, 3.8) is 0 Å². The second kappa shape index (κ2) is 8.38. The van der Waals surface area contributed by atoms with E-state index in [0.29, 0.717) is 24.2 Å². The summed E-state index contributed by atoms with van der Waals surface area (Å²) in [5.74, 6) is -0.468. The lowest BCUT2D eigenvalue weighted by Gasteiger charge is -2.39. The van der Waals surface area contributed by atoms with Gasteiger partial charge in [0, 0.05) is 40.6 Å². The largest absolute Gasteiger partial charge is 0.496 e. The molecule has 2 aliphatic rings. The molecule has 1 aliphatic carbocycles. The van der Waals surface area contributed by atoms with Crippen molar-refractivity contribution in [2.24, 2.45) is 16.3 Å². The van der Waals surface area contributed by atoms with Crippen LogP contribution in [0.3, 0.4) is 0 Å². The van der Waals surface area contributed by atoms with E-state index >= 15 is 0 Å². The van der Waals surface area contributed by atoms with Crippen LogP contribution >= 0.6 is 0 Å². The highest BCUT2D eigenvalue weighted by Crippen LogP contribution is 2.49. The number of hydrogen-bond donors (Lipinski definition) is 1. The molecule has 32 heavy (non-hydrogen) atoms. The highest BCUT2D eigenvalue weighted by molar-refractivity contribution is 6.13. The quantitative estimate of drug-likeness (QED) is 0.700. The maximum absolute atomic E-state index is 13.7. The average molecular weight is 431 g/mol. The Kier molecular flexibility index (Phi) is 5.76. The molecule has 2 aromatic rings. The van der Waals surface area contributed by atoms with Gasteiger partial charge in [-0.15, -0.1) is 0 Å². The van der Waals surface area contributed by atoms with Crippen molar-refractivity contribution in [1.29, 1.82) is 0 Å². The smallest absolute Gasteiger partial charge is 0.234 e. The molecule has 0 fully saturated rings. The second-order valence-electron chi connectivity index (χ2n) is 9.56. The van der Waals surface area contributed by atoms with Crippen LogP contribution in [0.2, 0.25) is 0 Å². The Morgan fingerprint density at radius 2 is 1.75 bits per heavy atom. The number of nitrogens with zero attached hydrogens (tertiary/aromatic N) is 1.